The van der Waals surface area contributed by atoms with Crippen LogP contribution < -0.4 is 0 Å². The fourth-order valence-electron chi connectivity index (χ4n) is 6.05. The molecule has 0 spiro atoms. The summed E-state index contributed by atoms with van der Waals surface area (Å²) in [5.41, 5.74) is -2.32. The molecule has 2 N–H and O–H groups in total. The first-order valence-corrected chi connectivity index (χ1v) is 8.98. The molecule has 0 aromatic carbocycles. The van der Waals surface area contributed by atoms with Crippen LogP contribution in [-0.2, 0) is 0 Å². The van der Waals surface area contributed by atoms with Crippen LogP contribution in [0.2, 0.25) is 0 Å². The maximum Gasteiger partial charge on any atom is 0.131 e. The maximum absolute atomic E-state index is 11.2. The van der Waals surface area contributed by atoms with Crippen molar-refractivity contribution in [3.8, 4) is 12.3 Å². The van der Waals surface area contributed by atoms with Crippen molar-refractivity contribution in [1.29, 1.82) is 0 Å². The van der Waals surface area contributed by atoms with E-state index in [9.17, 15) is 11.7 Å². The molecule has 24 heavy (non-hydrogen) atoms. The number of fused-ring (bicyclic) bond motifs is 5. The predicted octanol–water partition coefficient (Wildman–Crippen LogP) is 4.14. The zero-order valence-corrected chi connectivity index (χ0v) is 14.1. The second-order valence-electron chi connectivity index (χ2n) is 7.68. The minimum atomic E-state index is -2.19. The average molecular weight is 334 g/mol. The average Bonchev–Trinajstić information content (AvgIpc) is 2.94. The van der Waals surface area contributed by atoms with Crippen molar-refractivity contribution in [2.45, 2.75) is 70.2 Å². The maximum atomic E-state index is 11.2. The summed E-state index contributed by atoms with van der Waals surface area (Å²) in [5.74, 6) is 0.408. The molecule has 3 saturated carbocycles. The van der Waals surface area contributed by atoms with Crippen LogP contribution in [0.4, 0.5) is 0 Å². The molecular formula is C21H29NO2. The van der Waals surface area contributed by atoms with E-state index in [0.29, 0.717) is 32.1 Å². The molecule has 0 saturated heterocycles. The van der Waals surface area contributed by atoms with Crippen molar-refractivity contribution >= 4 is 5.71 Å². The number of rotatable bonds is 1. The highest BCUT2D eigenvalue weighted by Gasteiger charge is 2.63. The van der Waals surface area contributed by atoms with Crippen molar-refractivity contribution in [3.05, 3.63) is 11.6 Å². The van der Waals surface area contributed by atoms with Gasteiger partial charge in [0.05, 0.1) is 7.08 Å². The van der Waals surface area contributed by atoms with Gasteiger partial charge < -0.3 is 10.3 Å². The van der Waals surface area contributed by atoms with Crippen LogP contribution in [0.5, 0.6) is 0 Å². The van der Waals surface area contributed by atoms with E-state index < -0.39 is 41.4 Å². The summed E-state index contributed by atoms with van der Waals surface area (Å²) in [6.07, 6.45) is 4.22. The first-order valence-electron chi connectivity index (χ1n) is 12.0. The lowest BCUT2D eigenvalue weighted by Gasteiger charge is -2.56. The van der Waals surface area contributed by atoms with Crippen LogP contribution in [0, 0.1) is 41.4 Å². The van der Waals surface area contributed by atoms with Crippen molar-refractivity contribution in [3.63, 3.8) is 0 Å². The smallest absolute Gasteiger partial charge is 0.131 e. The van der Waals surface area contributed by atoms with E-state index in [0.717, 1.165) is 0 Å². The van der Waals surface area contributed by atoms with Gasteiger partial charge in [0.25, 0.3) is 0 Å². The normalized spacial score (nSPS) is 60.2. The Morgan fingerprint density at radius 1 is 1.38 bits per heavy atom. The highest BCUT2D eigenvalue weighted by atomic mass is 16.4. The molecular weight excluding hydrogens is 298 g/mol. The molecule has 0 bridgehead atoms. The molecule has 4 aliphatic rings. The van der Waals surface area contributed by atoms with Crippen LogP contribution in [-0.4, -0.2) is 21.6 Å². The Kier molecular flexibility index (Phi) is 2.50. The third-order valence-electron chi connectivity index (χ3n) is 7.23. The topological polar surface area (TPSA) is 52.8 Å². The van der Waals surface area contributed by atoms with Gasteiger partial charge in [-0.15, -0.1) is 6.42 Å². The number of hydrogen-bond donors (Lipinski definition) is 2. The zero-order valence-electron chi connectivity index (χ0n) is 20.1. The van der Waals surface area contributed by atoms with Crippen LogP contribution in [0.1, 0.15) is 72.8 Å². The number of allylic oxidation sites excluding steroid dienone is 2. The summed E-state index contributed by atoms with van der Waals surface area (Å²) in [6.45, 7) is 2.01. The molecule has 0 aliphatic heterocycles. The molecule has 4 rings (SSSR count). The number of terminal acetylenes is 1. The van der Waals surface area contributed by atoms with Gasteiger partial charge in [0.1, 0.15) is 5.60 Å². The van der Waals surface area contributed by atoms with Gasteiger partial charge in [-0.25, -0.2) is 0 Å². The van der Waals surface area contributed by atoms with Crippen molar-refractivity contribution < 1.29 is 18.5 Å². The largest absolute Gasteiger partial charge is 0.411 e. The standard InChI is InChI=1S/C21H29NO2/c1-3-20-11-9-17-16-8-6-15(22-24)13-14(16)5-7-18(17)19(20)10-12-21(20,23)4-2/h2,13,16-19,23-24H,3,5-12H2,1H3/b22-15+/t16-,17+,18?,19-,20-,21-/m0/s1/i5D2,6D2,13D,16D. The lowest BCUT2D eigenvalue weighted by Crippen LogP contribution is -2.53. The van der Waals surface area contributed by atoms with Crippen molar-refractivity contribution in [2.24, 2.45) is 34.2 Å². The van der Waals surface area contributed by atoms with E-state index in [1.54, 1.807) is 0 Å². The molecule has 6 atom stereocenters. The number of nitrogens with zero attached hydrogens (tertiary/aromatic N) is 1. The van der Waals surface area contributed by atoms with Gasteiger partial charge in [0.15, 0.2) is 0 Å². The molecule has 3 fully saturated rings. The molecule has 0 aromatic rings. The fourth-order valence-corrected chi connectivity index (χ4v) is 6.05. The van der Waals surface area contributed by atoms with Crippen molar-refractivity contribution in [1.82, 2.24) is 0 Å². The molecule has 3 nitrogen and oxygen atoms in total. The lowest BCUT2D eigenvalue weighted by molar-refractivity contribution is -0.0989. The van der Waals surface area contributed by atoms with Gasteiger partial charge in [0.2, 0.25) is 0 Å². The first kappa shape index (κ1) is 10.7. The molecule has 4 aliphatic carbocycles. The van der Waals surface area contributed by atoms with E-state index in [4.69, 9.17) is 13.3 Å². The third kappa shape index (κ3) is 1.99. The van der Waals surface area contributed by atoms with Crippen LogP contribution >= 0.6 is 0 Å². The number of aliphatic hydroxyl groups is 1. The van der Waals surface area contributed by atoms with Crippen LogP contribution in [0.3, 0.4) is 0 Å². The summed E-state index contributed by atoms with van der Waals surface area (Å²) in [7, 11) is 0. The molecule has 0 radical (unpaired) electrons. The van der Waals surface area contributed by atoms with Gasteiger partial charge in [-0.3, -0.25) is 0 Å². The van der Waals surface area contributed by atoms with Gasteiger partial charge >= 0.3 is 0 Å². The SMILES string of the molecule is [2H]C1=C2C([2H])([2H])CC3[C@@H]4CC[C@@](O)(C#C)[C@@]4(CC)CC[C@@H]3[C@@]2([2H])CC([2H])([2H])/C1=N\O. The Labute approximate surface area is 153 Å². The zero-order chi connectivity index (χ0) is 22.3. The highest BCUT2D eigenvalue weighted by molar-refractivity contribution is 5.96. The summed E-state index contributed by atoms with van der Waals surface area (Å²) < 4.78 is 51.9. The third-order valence-corrected chi connectivity index (χ3v) is 7.23. The molecule has 0 heterocycles. The van der Waals surface area contributed by atoms with E-state index >= 15 is 0 Å². The predicted molar refractivity (Wildman–Crippen MR) is 94.7 cm³/mol. The Bertz CT molecular complexity index is 879. The second kappa shape index (κ2) is 5.63. The fraction of sp³-hybridized carbons (Fsp3) is 0.762. The minimum Gasteiger partial charge on any atom is -0.411 e. The summed E-state index contributed by atoms with van der Waals surface area (Å²) in [5, 5.41) is 23.5. The number of hydrogen-bond acceptors (Lipinski definition) is 3. The summed E-state index contributed by atoms with van der Waals surface area (Å²) >= 11 is 0. The monoisotopic (exact) mass is 333 g/mol. The number of oxime groups is 1. The molecule has 0 amide bonds. The Morgan fingerprint density at radius 3 is 2.92 bits per heavy atom. The van der Waals surface area contributed by atoms with Gasteiger partial charge in [-0.05, 0) is 87.4 Å². The quantitative estimate of drug-likeness (QED) is 0.430. The van der Waals surface area contributed by atoms with Crippen LogP contribution in [0.25, 0.3) is 0 Å². The molecule has 3 heteroatoms. The first-order chi connectivity index (χ1) is 13.8. The highest BCUT2D eigenvalue weighted by Crippen LogP contribution is 2.66. The second-order valence-corrected chi connectivity index (χ2v) is 7.68. The van der Waals surface area contributed by atoms with E-state index in [1.807, 2.05) is 6.92 Å². The molecule has 0 aromatic heterocycles. The lowest BCUT2D eigenvalue weighted by atomic mass is 9.49. The summed E-state index contributed by atoms with van der Waals surface area (Å²) in [6, 6.07) is -0.480. The van der Waals surface area contributed by atoms with Gasteiger partial charge in [0, 0.05) is 12.3 Å². The van der Waals surface area contributed by atoms with Crippen molar-refractivity contribution in [2.75, 3.05) is 0 Å². The minimum absolute atomic E-state index is 0.0471. The van der Waals surface area contributed by atoms with E-state index in [1.165, 1.54) is 0 Å². The van der Waals surface area contributed by atoms with Gasteiger partial charge in [-0.2, -0.15) is 0 Å². The van der Waals surface area contributed by atoms with E-state index in [2.05, 4.69) is 11.1 Å². The van der Waals surface area contributed by atoms with Crippen LogP contribution in [0.15, 0.2) is 16.8 Å². The Morgan fingerprint density at radius 2 is 2.21 bits per heavy atom. The van der Waals surface area contributed by atoms with E-state index in [-0.39, 0.29) is 36.2 Å². The Hall–Kier alpha value is -1.27. The molecule has 1 unspecified atom stereocenters. The Balaban J connectivity index is 1.87. The van der Waals surface area contributed by atoms with Gasteiger partial charge in [-0.1, -0.05) is 23.6 Å². The molecule has 130 valence electrons. The summed E-state index contributed by atoms with van der Waals surface area (Å²) in [4.78, 5) is 0.